The van der Waals surface area contributed by atoms with Gasteiger partial charge < -0.3 is 60.6 Å². The van der Waals surface area contributed by atoms with Gasteiger partial charge >= 0.3 is 0 Å². The Bertz CT molecular complexity index is 3640. The van der Waals surface area contributed by atoms with Gasteiger partial charge in [-0.15, -0.1) is 0 Å². The standard InChI is InChI=1S/3C19H20N2O3.C18H17ClN2O3/c3*1-13-5-8-16(9-6-13)24-12-19(3,23)18(22)21-15-7-10-17(20-4)14(2)11-15;1-12-4-7-14(8-5-12)24-11-18(2,23)17(22)21-13-6-9-16(20-3)15(19)10-13/h3*5-11,23H,12H2,1-3H3,(H,21,22);4-10,23H,11H2,1-2H3,(H,21,22)/t3*19-;18-/m0000/s1. The fourth-order valence-electron chi connectivity index (χ4n) is 8.01. The predicted molar refractivity (Wildman–Crippen MR) is 374 cm³/mol. The van der Waals surface area contributed by atoms with Crippen LogP contribution < -0.4 is 40.2 Å². The summed E-state index contributed by atoms with van der Waals surface area (Å²) < 4.78 is 22.0. The summed E-state index contributed by atoms with van der Waals surface area (Å²) in [6, 6.07) is 48.8. The largest absolute Gasteiger partial charge is 0.490 e. The molecular weight excluding hydrogens is 1240 g/mol. The van der Waals surface area contributed by atoms with Crippen LogP contribution in [0.4, 0.5) is 45.5 Å². The Balaban J connectivity index is 0.000000231. The van der Waals surface area contributed by atoms with Crippen molar-refractivity contribution in [2.24, 2.45) is 0 Å². The van der Waals surface area contributed by atoms with Gasteiger partial charge in [0.2, 0.25) is 5.69 Å². The summed E-state index contributed by atoms with van der Waals surface area (Å²) in [5.74, 6) is 0.0147. The van der Waals surface area contributed by atoms with E-state index >= 15 is 0 Å². The fourth-order valence-corrected chi connectivity index (χ4v) is 8.23. The van der Waals surface area contributed by atoms with Crippen molar-refractivity contribution in [1.29, 1.82) is 0 Å². The molecule has 20 nitrogen and oxygen atoms in total. The number of hydrogen-bond donors (Lipinski definition) is 8. The quantitative estimate of drug-likeness (QED) is 0.0332. The Labute approximate surface area is 565 Å². The zero-order chi connectivity index (χ0) is 71.0. The number of rotatable bonds is 20. The van der Waals surface area contributed by atoms with Crippen LogP contribution in [-0.4, -0.2) is 92.9 Å². The van der Waals surface area contributed by atoms with Crippen LogP contribution in [0.15, 0.2) is 170 Å². The molecule has 21 heteroatoms. The summed E-state index contributed by atoms with van der Waals surface area (Å²) in [4.78, 5) is 62.4. The van der Waals surface area contributed by atoms with Crippen LogP contribution in [0.5, 0.6) is 23.0 Å². The van der Waals surface area contributed by atoms with E-state index in [2.05, 4.69) is 40.6 Å². The molecule has 8 aromatic carbocycles. The topological polar surface area (TPSA) is 252 Å². The van der Waals surface area contributed by atoms with Crippen molar-refractivity contribution in [3.8, 4) is 23.0 Å². The molecular formula is C75H77ClN8O12. The first-order valence-corrected chi connectivity index (χ1v) is 30.2. The number of nitrogens with one attached hydrogen (secondary N) is 4. The van der Waals surface area contributed by atoms with Gasteiger partial charge in [0.25, 0.3) is 23.6 Å². The van der Waals surface area contributed by atoms with E-state index in [1.54, 1.807) is 130 Å². The predicted octanol–water partition coefficient (Wildman–Crippen LogP) is 14.8. The average molecular weight is 1320 g/mol. The summed E-state index contributed by atoms with van der Waals surface area (Å²) in [6.45, 7) is 46.1. The van der Waals surface area contributed by atoms with Crippen LogP contribution in [0.25, 0.3) is 19.4 Å². The second-order valence-electron chi connectivity index (χ2n) is 23.4. The maximum Gasteiger partial charge on any atom is 0.259 e. The van der Waals surface area contributed by atoms with Crippen LogP contribution in [0, 0.1) is 74.8 Å². The third kappa shape index (κ3) is 23.8. The third-order valence-electron chi connectivity index (χ3n) is 14.2. The Morgan fingerprint density at radius 3 is 0.729 bits per heavy atom. The number of ether oxygens (including phenoxy) is 4. The highest BCUT2D eigenvalue weighted by Crippen LogP contribution is 2.30. The highest BCUT2D eigenvalue weighted by molar-refractivity contribution is 6.33. The average Bonchev–Trinajstić information content (AvgIpc) is 1.03. The van der Waals surface area contributed by atoms with Crippen LogP contribution in [0.3, 0.4) is 0 Å². The van der Waals surface area contributed by atoms with E-state index in [-0.39, 0.29) is 31.5 Å². The highest BCUT2D eigenvalue weighted by atomic mass is 35.5. The second kappa shape index (κ2) is 34.7. The number of amides is 4. The van der Waals surface area contributed by atoms with Crippen LogP contribution in [0.2, 0.25) is 5.02 Å². The molecule has 8 aromatic rings. The van der Waals surface area contributed by atoms with Crippen molar-refractivity contribution in [2.45, 2.75) is 98.6 Å². The van der Waals surface area contributed by atoms with Crippen molar-refractivity contribution >= 4 is 80.7 Å². The van der Waals surface area contributed by atoms with Crippen molar-refractivity contribution in [3.05, 3.63) is 259 Å². The van der Waals surface area contributed by atoms with E-state index in [0.29, 0.717) is 68.5 Å². The van der Waals surface area contributed by atoms with Crippen LogP contribution in [0.1, 0.15) is 66.6 Å². The normalized spacial score (nSPS) is 12.8. The molecule has 0 spiro atoms. The van der Waals surface area contributed by atoms with Gasteiger partial charge in [-0.3, -0.25) is 19.2 Å². The minimum atomic E-state index is -1.73. The minimum Gasteiger partial charge on any atom is -0.490 e. The number of hydrogen-bond acceptors (Lipinski definition) is 12. The summed E-state index contributed by atoms with van der Waals surface area (Å²) in [6.07, 6.45) is 0. The first-order valence-electron chi connectivity index (χ1n) is 29.8. The van der Waals surface area contributed by atoms with Crippen molar-refractivity contribution in [1.82, 2.24) is 0 Å². The number of nitrogens with zero attached hydrogens (tertiary/aromatic N) is 4. The molecule has 4 atom stereocenters. The number of carbonyl (C=O) groups is 4. The van der Waals surface area contributed by atoms with E-state index in [0.717, 1.165) is 38.9 Å². The number of aryl methyl sites for hydroxylation is 7. The first-order chi connectivity index (χ1) is 45.3. The number of halogens is 1. The van der Waals surface area contributed by atoms with Crippen molar-refractivity contribution in [3.63, 3.8) is 0 Å². The zero-order valence-electron chi connectivity index (χ0n) is 55.2. The van der Waals surface area contributed by atoms with Crippen molar-refractivity contribution in [2.75, 3.05) is 47.7 Å². The molecule has 8 N–H and O–H groups in total. The van der Waals surface area contributed by atoms with Crippen molar-refractivity contribution < 1.29 is 58.6 Å². The lowest BCUT2D eigenvalue weighted by Crippen LogP contribution is -2.45. The Hall–Kier alpha value is -11.1. The maximum absolute atomic E-state index is 12.3. The van der Waals surface area contributed by atoms with E-state index in [1.165, 1.54) is 39.8 Å². The Kier molecular flexibility index (Phi) is 27.4. The van der Waals surface area contributed by atoms with E-state index in [9.17, 15) is 39.6 Å². The lowest BCUT2D eigenvalue weighted by molar-refractivity contribution is -0.135. The Morgan fingerprint density at radius 2 is 0.542 bits per heavy atom. The molecule has 8 rings (SSSR count). The molecule has 4 amide bonds. The van der Waals surface area contributed by atoms with Crippen LogP contribution >= 0.6 is 11.6 Å². The molecule has 0 fully saturated rings. The van der Waals surface area contributed by atoms with Gasteiger partial charge in [-0.1, -0.05) is 107 Å². The van der Waals surface area contributed by atoms with Gasteiger partial charge in [0, 0.05) is 27.8 Å². The highest BCUT2D eigenvalue weighted by Gasteiger charge is 2.35. The van der Waals surface area contributed by atoms with Gasteiger partial charge in [-0.25, -0.2) is 19.4 Å². The molecule has 0 bridgehead atoms. The molecule has 0 aliphatic carbocycles. The second-order valence-corrected chi connectivity index (χ2v) is 23.8. The minimum absolute atomic E-state index is 0.166. The molecule has 0 aliphatic heterocycles. The number of anilines is 4. The Morgan fingerprint density at radius 1 is 0.344 bits per heavy atom. The molecule has 0 radical (unpaired) electrons. The summed E-state index contributed by atoms with van der Waals surface area (Å²) in [7, 11) is 0. The summed E-state index contributed by atoms with van der Waals surface area (Å²) >= 11 is 5.93. The molecule has 0 saturated heterocycles. The molecule has 496 valence electrons. The lowest BCUT2D eigenvalue weighted by Gasteiger charge is -2.22. The lowest BCUT2D eigenvalue weighted by atomic mass is 10.1. The summed E-state index contributed by atoms with van der Waals surface area (Å²) in [5.41, 5.74) is 3.77. The number of carbonyl (C=O) groups excluding carboxylic acids is 4. The monoisotopic (exact) mass is 1320 g/mol. The van der Waals surface area contributed by atoms with Crippen LogP contribution in [-0.2, 0) is 19.2 Å². The van der Waals surface area contributed by atoms with E-state index in [1.807, 2.05) is 76.2 Å². The fraction of sp³-hybridized carbons (Fsp3) is 0.253. The molecule has 0 unspecified atom stereocenters. The number of aliphatic hydroxyl groups is 4. The first kappa shape index (κ1) is 75.6. The summed E-state index contributed by atoms with van der Waals surface area (Å²) in [5, 5.41) is 52.1. The van der Waals surface area contributed by atoms with E-state index < -0.39 is 46.0 Å². The zero-order valence-corrected chi connectivity index (χ0v) is 56.0. The molecule has 0 aromatic heterocycles. The molecule has 96 heavy (non-hydrogen) atoms. The molecule has 0 saturated carbocycles. The smallest absolute Gasteiger partial charge is 0.259 e. The maximum atomic E-state index is 12.3. The third-order valence-corrected chi connectivity index (χ3v) is 14.5. The van der Waals surface area contributed by atoms with Gasteiger partial charge in [0.15, 0.2) is 39.5 Å². The van der Waals surface area contributed by atoms with Gasteiger partial charge in [0.05, 0.1) is 26.3 Å². The van der Waals surface area contributed by atoms with E-state index in [4.69, 9.17) is 56.8 Å². The molecule has 0 heterocycles. The number of benzene rings is 8. The van der Waals surface area contributed by atoms with Gasteiger partial charge in [-0.05, 0) is 190 Å². The molecule has 0 aliphatic rings. The van der Waals surface area contributed by atoms with Gasteiger partial charge in [0.1, 0.15) is 49.4 Å². The SMILES string of the molecule is [C-]#[N+]c1ccc(NC(=O)[C@@](C)(O)COc2ccc(C)cc2)cc1C.[C-]#[N+]c1ccc(NC(=O)[C@@](C)(O)COc2ccc(C)cc2)cc1C.[C-]#[N+]c1ccc(NC(=O)[C@@](C)(O)COc2ccc(C)cc2)cc1C.[C-]#[N+]c1ccc(NC(=O)[C@@](C)(O)COc2ccc(C)cc2)cc1Cl. The van der Waals surface area contributed by atoms with Gasteiger partial charge in [-0.2, -0.15) is 0 Å².